The molecule has 104 valence electrons. The Morgan fingerprint density at radius 3 is 2.86 bits per heavy atom. The van der Waals surface area contributed by atoms with Crippen LogP contribution in [0.25, 0.3) is 10.9 Å². The van der Waals surface area contributed by atoms with Crippen LogP contribution < -0.4 is 5.32 Å². The van der Waals surface area contributed by atoms with E-state index in [1.807, 2.05) is 30.3 Å². The van der Waals surface area contributed by atoms with Gasteiger partial charge in [-0.05, 0) is 29.8 Å². The van der Waals surface area contributed by atoms with Crippen molar-refractivity contribution in [3.63, 3.8) is 0 Å². The van der Waals surface area contributed by atoms with Crippen LogP contribution in [-0.2, 0) is 6.54 Å². The number of rotatable bonds is 4. The third-order valence-corrected chi connectivity index (χ3v) is 3.22. The van der Waals surface area contributed by atoms with Crippen LogP contribution in [0.15, 0.2) is 60.8 Å². The van der Waals surface area contributed by atoms with Gasteiger partial charge >= 0.3 is 0 Å². The molecule has 0 saturated heterocycles. The van der Waals surface area contributed by atoms with Crippen molar-refractivity contribution in [3.8, 4) is 0 Å². The molecule has 5 nitrogen and oxygen atoms in total. The third kappa shape index (κ3) is 2.97. The second-order valence-corrected chi connectivity index (χ2v) is 4.69. The molecular formula is C16H13N3O2. The van der Waals surface area contributed by atoms with Crippen molar-refractivity contribution in [2.45, 2.75) is 6.54 Å². The summed E-state index contributed by atoms with van der Waals surface area (Å²) in [4.78, 5) is 14.6. The van der Waals surface area contributed by atoms with Gasteiger partial charge in [0, 0.05) is 35.9 Å². The Kier molecular flexibility index (Phi) is 3.47. The van der Waals surface area contributed by atoms with Crippen molar-refractivity contribution in [2.24, 2.45) is 0 Å². The molecule has 0 aliphatic rings. The Morgan fingerprint density at radius 1 is 1.10 bits per heavy atom. The van der Waals surface area contributed by atoms with Crippen LogP contribution in [0.3, 0.4) is 0 Å². The number of aromatic nitrogens is 1. The summed E-state index contributed by atoms with van der Waals surface area (Å²) in [6.07, 6.45) is 1.77. The van der Waals surface area contributed by atoms with E-state index in [-0.39, 0.29) is 5.69 Å². The summed E-state index contributed by atoms with van der Waals surface area (Å²) in [6.45, 7) is 0.603. The summed E-state index contributed by atoms with van der Waals surface area (Å²) in [5.74, 6) is 0. The monoisotopic (exact) mass is 279 g/mol. The van der Waals surface area contributed by atoms with E-state index in [9.17, 15) is 10.1 Å². The van der Waals surface area contributed by atoms with E-state index in [0.717, 1.165) is 22.2 Å². The van der Waals surface area contributed by atoms with Gasteiger partial charge in [-0.3, -0.25) is 15.1 Å². The number of anilines is 1. The molecule has 5 heteroatoms. The zero-order valence-corrected chi connectivity index (χ0v) is 11.2. The van der Waals surface area contributed by atoms with E-state index in [1.54, 1.807) is 12.3 Å². The number of hydrogen-bond acceptors (Lipinski definition) is 4. The van der Waals surface area contributed by atoms with Crippen molar-refractivity contribution in [2.75, 3.05) is 5.32 Å². The molecule has 0 fully saturated rings. The smallest absolute Gasteiger partial charge is 0.271 e. The lowest BCUT2D eigenvalue weighted by Gasteiger charge is -2.07. The number of nitro benzene ring substituents is 1. The number of nitrogens with zero attached hydrogens (tertiary/aromatic N) is 2. The molecule has 1 heterocycles. The molecule has 0 atom stereocenters. The number of nitrogens with one attached hydrogen (secondary N) is 1. The van der Waals surface area contributed by atoms with Gasteiger partial charge in [0.05, 0.1) is 10.4 Å². The lowest BCUT2D eigenvalue weighted by Crippen LogP contribution is -2.00. The fourth-order valence-electron chi connectivity index (χ4n) is 2.17. The Bertz CT molecular complexity index is 802. The predicted octanol–water partition coefficient (Wildman–Crippen LogP) is 3.76. The van der Waals surface area contributed by atoms with E-state index in [2.05, 4.69) is 16.4 Å². The Balaban J connectivity index is 1.77. The van der Waals surface area contributed by atoms with Crippen molar-refractivity contribution in [1.29, 1.82) is 0 Å². The average molecular weight is 279 g/mol. The molecule has 3 rings (SSSR count). The summed E-state index contributed by atoms with van der Waals surface area (Å²) in [5, 5.41) is 15.0. The van der Waals surface area contributed by atoms with Crippen LogP contribution in [-0.4, -0.2) is 9.91 Å². The van der Waals surface area contributed by atoms with Gasteiger partial charge in [0.25, 0.3) is 5.69 Å². The maximum Gasteiger partial charge on any atom is 0.271 e. The van der Waals surface area contributed by atoms with Gasteiger partial charge < -0.3 is 5.32 Å². The fraction of sp³-hybridized carbons (Fsp3) is 0.0625. The van der Waals surface area contributed by atoms with E-state index < -0.39 is 4.92 Å². The van der Waals surface area contributed by atoms with E-state index in [4.69, 9.17) is 0 Å². The molecule has 0 aliphatic heterocycles. The first kappa shape index (κ1) is 13.1. The van der Waals surface area contributed by atoms with E-state index in [0.29, 0.717) is 6.54 Å². The average Bonchev–Trinajstić information content (AvgIpc) is 2.53. The minimum Gasteiger partial charge on any atom is -0.381 e. The predicted molar refractivity (Wildman–Crippen MR) is 82.2 cm³/mol. The maximum absolute atomic E-state index is 10.7. The number of non-ortho nitro benzene ring substituents is 1. The second kappa shape index (κ2) is 5.58. The zero-order chi connectivity index (χ0) is 14.7. The largest absolute Gasteiger partial charge is 0.381 e. The molecule has 0 spiro atoms. The normalized spacial score (nSPS) is 10.5. The van der Waals surface area contributed by atoms with Crippen molar-refractivity contribution < 1.29 is 4.92 Å². The second-order valence-electron chi connectivity index (χ2n) is 4.69. The van der Waals surface area contributed by atoms with Crippen LogP contribution in [0.2, 0.25) is 0 Å². The minimum atomic E-state index is -0.396. The highest BCUT2D eigenvalue weighted by molar-refractivity contribution is 5.79. The van der Waals surface area contributed by atoms with Gasteiger partial charge in [0.1, 0.15) is 0 Å². The molecule has 0 saturated carbocycles. The standard InChI is InChI=1S/C16H13N3O2/c20-19(21)15-5-1-4-14(10-15)18-11-12-6-7-16-13(9-12)3-2-8-17-16/h1-10,18H,11H2. The van der Waals surface area contributed by atoms with Gasteiger partial charge in [0.2, 0.25) is 0 Å². The maximum atomic E-state index is 10.7. The lowest BCUT2D eigenvalue weighted by molar-refractivity contribution is -0.384. The zero-order valence-electron chi connectivity index (χ0n) is 11.2. The molecule has 3 aromatic rings. The van der Waals surface area contributed by atoms with Gasteiger partial charge in [-0.25, -0.2) is 0 Å². The molecular weight excluding hydrogens is 266 g/mol. The van der Waals surface area contributed by atoms with Gasteiger partial charge in [-0.2, -0.15) is 0 Å². The van der Waals surface area contributed by atoms with Crippen LogP contribution in [0, 0.1) is 10.1 Å². The summed E-state index contributed by atoms with van der Waals surface area (Å²) in [6, 6.07) is 16.4. The van der Waals surface area contributed by atoms with Crippen molar-refractivity contribution >= 4 is 22.3 Å². The first-order chi connectivity index (χ1) is 10.2. The van der Waals surface area contributed by atoms with Crippen LogP contribution in [0.1, 0.15) is 5.56 Å². The summed E-state index contributed by atoms with van der Waals surface area (Å²) in [5.41, 5.74) is 2.87. The molecule has 0 unspecified atom stereocenters. The quantitative estimate of drug-likeness (QED) is 0.583. The molecule has 1 aromatic heterocycles. The molecule has 0 radical (unpaired) electrons. The highest BCUT2D eigenvalue weighted by Gasteiger charge is 2.05. The highest BCUT2D eigenvalue weighted by Crippen LogP contribution is 2.19. The first-order valence-electron chi connectivity index (χ1n) is 6.54. The fourth-order valence-corrected chi connectivity index (χ4v) is 2.17. The number of hydrogen-bond donors (Lipinski definition) is 1. The summed E-state index contributed by atoms with van der Waals surface area (Å²) >= 11 is 0. The Morgan fingerprint density at radius 2 is 2.00 bits per heavy atom. The molecule has 0 amide bonds. The molecule has 0 bridgehead atoms. The van der Waals surface area contributed by atoms with Gasteiger partial charge in [0.15, 0.2) is 0 Å². The SMILES string of the molecule is O=[N+]([O-])c1cccc(NCc2ccc3ncccc3c2)c1. The van der Waals surface area contributed by atoms with Crippen molar-refractivity contribution in [3.05, 3.63) is 76.5 Å². The molecule has 1 N–H and O–H groups in total. The number of fused-ring (bicyclic) bond motifs is 1. The molecule has 0 aliphatic carbocycles. The van der Waals surface area contributed by atoms with Crippen LogP contribution in [0.5, 0.6) is 0 Å². The minimum absolute atomic E-state index is 0.0858. The lowest BCUT2D eigenvalue weighted by atomic mass is 10.1. The van der Waals surface area contributed by atoms with Crippen LogP contribution >= 0.6 is 0 Å². The van der Waals surface area contributed by atoms with Crippen molar-refractivity contribution in [1.82, 2.24) is 4.98 Å². The molecule has 21 heavy (non-hydrogen) atoms. The van der Waals surface area contributed by atoms with Crippen LogP contribution in [0.4, 0.5) is 11.4 Å². The number of benzene rings is 2. The summed E-state index contributed by atoms with van der Waals surface area (Å²) in [7, 11) is 0. The third-order valence-electron chi connectivity index (χ3n) is 3.22. The van der Waals surface area contributed by atoms with Gasteiger partial charge in [-0.1, -0.05) is 18.2 Å². The first-order valence-corrected chi connectivity index (χ1v) is 6.54. The van der Waals surface area contributed by atoms with E-state index in [1.165, 1.54) is 12.1 Å². The summed E-state index contributed by atoms with van der Waals surface area (Å²) < 4.78 is 0. The highest BCUT2D eigenvalue weighted by atomic mass is 16.6. The number of pyridine rings is 1. The molecule has 2 aromatic carbocycles. The topological polar surface area (TPSA) is 68.1 Å². The van der Waals surface area contributed by atoms with E-state index >= 15 is 0 Å². The Hall–Kier alpha value is -2.95. The van der Waals surface area contributed by atoms with Gasteiger partial charge in [-0.15, -0.1) is 0 Å². The Labute approximate surface area is 121 Å². The number of nitro groups is 1.